The first-order valence-corrected chi connectivity index (χ1v) is 11.5. The molecule has 2 aliphatic heterocycles. The van der Waals surface area contributed by atoms with Gasteiger partial charge in [-0.1, -0.05) is 36.4 Å². The number of morpholine rings is 1. The number of carbonyl (C=O) groups excluding carboxylic acids is 1. The van der Waals surface area contributed by atoms with Gasteiger partial charge >= 0.3 is 0 Å². The van der Waals surface area contributed by atoms with E-state index < -0.39 is 10.0 Å². The normalized spacial score (nSPS) is 20.7. The SMILES string of the molecule is O=C(c1cccc(S(=O)(=O)N2CCOCC2)c1)N1CCCC1Cc1ccccc1. The van der Waals surface area contributed by atoms with E-state index in [0.717, 1.165) is 19.3 Å². The van der Waals surface area contributed by atoms with Crippen LogP contribution in [-0.4, -0.2) is 62.4 Å². The minimum absolute atomic E-state index is 0.0949. The summed E-state index contributed by atoms with van der Waals surface area (Å²) in [5.41, 5.74) is 1.64. The van der Waals surface area contributed by atoms with Gasteiger partial charge in [0.1, 0.15) is 0 Å². The number of hydrogen-bond acceptors (Lipinski definition) is 4. The van der Waals surface area contributed by atoms with Gasteiger partial charge < -0.3 is 9.64 Å². The van der Waals surface area contributed by atoms with Gasteiger partial charge in [0.05, 0.1) is 18.1 Å². The number of benzene rings is 2. The zero-order chi connectivity index (χ0) is 20.3. The number of ether oxygens (including phenoxy) is 1. The maximum atomic E-state index is 13.2. The summed E-state index contributed by atoms with van der Waals surface area (Å²) >= 11 is 0. The molecule has 7 heteroatoms. The molecule has 2 aromatic carbocycles. The highest BCUT2D eigenvalue weighted by atomic mass is 32.2. The zero-order valence-corrected chi connectivity index (χ0v) is 17.2. The Labute approximate surface area is 172 Å². The van der Waals surface area contributed by atoms with Gasteiger partial charge in [-0.25, -0.2) is 8.42 Å². The average molecular weight is 415 g/mol. The Balaban J connectivity index is 1.53. The number of amides is 1. The predicted molar refractivity (Wildman–Crippen MR) is 110 cm³/mol. The Bertz CT molecular complexity index is 956. The molecular formula is C22H26N2O4S. The fourth-order valence-corrected chi connectivity index (χ4v) is 5.55. The molecule has 0 aromatic heterocycles. The highest BCUT2D eigenvalue weighted by molar-refractivity contribution is 7.89. The lowest BCUT2D eigenvalue weighted by molar-refractivity contribution is 0.0727. The van der Waals surface area contributed by atoms with Crippen LogP contribution in [0.2, 0.25) is 0 Å². The lowest BCUT2D eigenvalue weighted by Gasteiger charge is -2.27. The number of likely N-dealkylation sites (tertiary alicyclic amines) is 1. The van der Waals surface area contributed by atoms with Crippen LogP contribution < -0.4 is 0 Å². The standard InChI is InChI=1S/C22H26N2O4S/c25-22(24-11-5-9-20(24)16-18-6-2-1-3-7-18)19-8-4-10-21(17-19)29(26,27)23-12-14-28-15-13-23/h1-4,6-8,10,17,20H,5,9,11-16H2. The number of carbonyl (C=O) groups is 1. The molecule has 0 saturated carbocycles. The van der Waals surface area contributed by atoms with E-state index in [4.69, 9.17) is 4.74 Å². The van der Waals surface area contributed by atoms with Crippen molar-refractivity contribution < 1.29 is 17.9 Å². The molecule has 1 atom stereocenters. The van der Waals surface area contributed by atoms with Crippen molar-refractivity contribution in [2.75, 3.05) is 32.8 Å². The van der Waals surface area contributed by atoms with Gasteiger partial charge in [0.2, 0.25) is 10.0 Å². The van der Waals surface area contributed by atoms with Gasteiger partial charge in [-0.15, -0.1) is 0 Å². The van der Waals surface area contributed by atoms with Crippen LogP contribution in [-0.2, 0) is 21.2 Å². The maximum absolute atomic E-state index is 13.2. The van der Waals surface area contributed by atoms with Crippen molar-refractivity contribution in [3.63, 3.8) is 0 Å². The van der Waals surface area contributed by atoms with Crippen molar-refractivity contribution in [1.82, 2.24) is 9.21 Å². The summed E-state index contributed by atoms with van der Waals surface area (Å²) in [5, 5.41) is 0. The van der Waals surface area contributed by atoms with Crippen molar-refractivity contribution >= 4 is 15.9 Å². The van der Waals surface area contributed by atoms with E-state index in [1.807, 2.05) is 23.1 Å². The van der Waals surface area contributed by atoms with Crippen LogP contribution in [0.15, 0.2) is 59.5 Å². The third kappa shape index (κ3) is 4.37. The molecule has 2 saturated heterocycles. The summed E-state index contributed by atoms with van der Waals surface area (Å²) < 4.78 is 32.5. The summed E-state index contributed by atoms with van der Waals surface area (Å²) in [7, 11) is -3.62. The molecule has 0 aliphatic carbocycles. The highest BCUT2D eigenvalue weighted by Gasteiger charge is 2.31. The molecule has 1 amide bonds. The Morgan fingerprint density at radius 2 is 1.76 bits per heavy atom. The number of sulfonamides is 1. The van der Waals surface area contributed by atoms with Crippen molar-refractivity contribution in [1.29, 1.82) is 0 Å². The molecule has 6 nitrogen and oxygen atoms in total. The fourth-order valence-electron chi connectivity index (χ4n) is 4.09. The van der Waals surface area contributed by atoms with Crippen molar-refractivity contribution in [2.24, 2.45) is 0 Å². The number of hydrogen-bond donors (Lipinski definition) is 0. The van der Waals surface area contributed by atoms with E-state index in [-0.39, 0.29) is 16.8 Å². The lowest BCUT2D eigenvalue weighted by atomic mass is 10.0. The van der Waals surface area contributed by atoms with Crippen LogP contribution in [0.25, 0.3) is 0 Å². The van der Waals surface area contributed by atoms with E-state index in [9.17, 15) is 13.2 Å². The highest BCUT2D eigenvalue weighted by Crippen LogP contribution is 2.25. The van der Waals surface area contributed by atoms with Gasteiger partial charge in [-0.2, -0.15) is 4.31 Å². The molecule has 2 aromatic rings. The van der Waals surface area contributed by atoms with E-state index >= 15 is 0 Å². The minimum Gasteiger partial charge on any atom is -0.379 e. The topological polar surface area (TPSA) is 66.9 Å². The lowest BCUT2D eigenvalue weighted by Crippen LogP contribution is -2.40. The van der Waals surface area contributed by atoms with E-state index in [0.29, 0.717) is 38.4 Å². The van der Waals surface area contributed by atoms with Gasteiger partial charge in [-0.3, -0.25) is 4.79 Å². The molecular weight excluding hydrogens is 388 g/mol. The maximum Gasteiger partial charge on any atom is 0.254 e. The van der Waals surface area contributed by atoms with Gasteiger partial charge in [0, 0.05) is 31.2 Å². The van der Waals surface area contributed by atoms with Crippen LogP contribution in [0.4, 0.5) is 0 Å². The first-order chi connectivity index (χ1) is 14.1. The first-order valence-electron chi connectivity index (χ1n) is 10.1. The first kappa shape index (κ1) is 20.1. The minimum atomic E-state index is -3.62. The van der Waals surface area contributed by atoms with Crippen molar-refractivity contribution in [3.8, 4) is 0 Å². The third-order valence-corrected chi connectivity index (χ3v) is 7.54. The van der Waals surface area contributed by atoms with Crippen LogP contribution in [0.5, 0.6) is 0 Å². The second-order valence-electron chi connectivity index (χ2n) is 7.53. The van der Waals surface area contributed by atoms with E-state index in [2.05, 4.69) is 12.1 Å². The smallest absolute Gasteiger partial charge is 0.254 e. The van der Waals surface area contributed by atoms with Crippen LogP contribution in [0, 0.1) is 0 Å². The summed E-state index contributed by atoms with van der Waals surface area (Å²) in [6.45, 7) is 2.17. The van der Waals surface area contributed by atoms with Gasteiger partial charge in [-0.05, 0) is 43.0 Å². The fraction of sp³-hybridized carbons (Fsp3) is 0.409. The van der Waals surface area contributed by atoms with E-state index in [1.54, 1.807) is 18.2 Å². The molecule has 2 heterocycles. The molecule has 0 N–H and O–H groups in total. The Morgan fingerprint density at radius 3 is 2.52 bits per heavy atom. The molecule has 2 aliphatic rings. The Kier molecular flexibility index (Phi) is 5.99. The predicted octanol–water partition coefficient (Wildman–Crippen LogP) is 2.55. The molecule has 1 unspecified atom stereocenters. The quantitative estimate of drug-likeness (QED) is 0.754. The second-order valence-corrected chi connectivity index (χ2v) is 9.47. The molecule has 0 spiro atoms. The average Bonchev–Trinajstić information content (AvgIpc) is 3.22. The molecule has 0 radical (unpaired) electrons. The van der Waals surface area contributed by atoms with Crippen LogP contribution in [0.3, 0.4) is 0 Å². The molecule has 154 valence electrons. The van der Waals surface area contributed by atoms with Crippen molar-refractivity contribution in [2.45, 2.75) is 30.2 Å². The summed E-state index contributed by atoms with van der Waals surface area (Å²) in [4.78, 5) is 15.3. The van der Waals surface area contributed by atoms with Crippen LogP contribution in [0.1, 0.15) is 28.8 Å². The zero-order valence-electron chi connectivity index (χ0n) is 16.4. The number of nitrogens with zero attached hydrogens (tertiary/aromatic N) is 2. The summed E-state index contributed by atoms with van der Waals surface area (Å²) in [6.07, 6.45) is 2.75. The Hall–Kier alpha value is -2.22. The van der Waals surface area contributed by atoms with Crippen molar-refractivity contribution in [3.05, 3.63) is 65.7 Å². The molecule has 29 heavy (non-hydrogen) atoms. The van der Waals surface area contributed by atoms with Crippen LogP contribution >= 0.6 is 0 Å². The second kappa shape index (κ2) is 8.65. The summed E-state index contributed by atoms with van der Waals surface area (Å²) in [5.74, 6) is -0.0949. The third-order valence-electron chi connectivity index (χ3n) is 5.64. The van der Waals surface area contributed by atoms with Gasteiger partial charge in [0.15, 0.2) is 0 Å². The van der Waals surface area contributed by atoms with E-state index in [1.165, 1.54) is 15.9 Å². The molecule has 4 rings (SSSR count). The summed E-state index contributed by atoms with van der Waals surface area (Å²) in [6, 6.07) is 16.8. The molecule has 0 bridgehead atoms. The molecule has 2 fully saturated rings. The number of rotatable bonds is 5. The largest absolute Gasteiger partial charge is 0.379 e. The monoisotopic (exact) mass is 414 g/mol. The van der Waals surface area contributed by atoms with Gasteiger partial charge in [0.25, 0.3) is 5.91 Å². The Morgan fingerprint density at radius 1 is 1.00 bits per heavy atom.